The summed E-state index contributed by atoms with van der Waals surface area (Å²) in [5, 5.41) is 7.08. The molecule has 0 aliphatic rings. The zero-order chi connectivity index (χ0) is 13.9. The third-order valence-electron chi connectivity index (χ3n) is 3.38. The third-order valence-corrected chi connectivity index (χ3v) is 5.00. The number of benzene rings is 1. The molecule has 0 amide bonds. The highest BCUT2D eigenvalue weighted by Gasteiger charge is 2.20. The fourth-order valence-electron chi connectivity index (χ4n) is 2.43. The quantitative estimate of drug-likeness (QED) is 0.671. The van der Waals surface area contributed by atoms with E-state index in [4.69, 9.17) is 4.42 Å². The highest BCUT2D eigenvalue weighted by molar-refractivity contribution is 9.10. The molecule has 2 heterocycles. The Balaban J connectivity index is 2.09. The van der Waals surface area contributed by atoms with Gasteiger partial charge >= 0.3 is 0 Å². The van der Waals surface area contributed by atoms with Crippen molar-refractivity contribution >= 4 is 37.4 Å². The van der Waals surface area contributed by atoms with E-state index in [0.717, 1.165) is 23.2 Å². The highest BCUT2D eigenvalue weighted by Crippen LogP contribution is 2.35. The minimum atomic E-state index is 0.158. The molecule has 2 nitrogen and oxygen atoms in total. The zero-order valence-electron chi connectivity index (χ0n) is 11.2. The Labute approximate surface area is 130 Å². The standard InChI is InChI=1S/C16H16BrNOS/c1-2-8-18-14(13-6-9-19-16(13)17)12-5-3-4-11-7-10-20-15(11)12/h3-7,9-10,14,18H,2,8H2,1H3. The first-order valence-electron chi connectivity index (χ1n) is 6.73. The molecular weight excluding hydrogens is 334 g/mol. The van der Waals surface area contributed by atoms with Crippen LogP contribution >= 0.6 is 27.3 Å². The van der Waals surface area contributed by atoms with Crippen molar-refractivity contribution in [3.8, 4) is 0 Å². The molecule has 1 N–H and O–H groups in total. The predicted molar refractivity (Wildman–Crippen MR) is 88.4 cm³/mol. The van der Waals surface area contributed by atoms with Gasteiger partial charge in [0.05, 0.1) is 12.3 Å². The van der Waals surface area contributed by atoms with E-state index in [9.17, 15) is 0 Å². The van der Waals surface area contributed by atoms with E-state index in [1.54, 1.807) is 17.6 Å². The predicted octanol–water partition coefficient (Wildman–Crippen LogP) is 5.35. The van der Waals surface area contributed by atoms with Crippen LogP contribution in [0.5, 0.6) is 0 Å². The van der Waals surface area contributed by atoms with Crippen molar-refractivity contribution in [2.24, 2.45) is 0 Å². The van der Waals surface area contributed by atoms with Crippen molar-refractivity contribution in [1.29, 1.82) is 0 Å². The van der Waals surface area contributed by atoms with E-state index >= 15 is 0 Å². The largest absolute Gasteiger partial charge is 0.457 e. The van der Waals surface area contributed by atoms with Gasteiger partial charge in [-0.25, -0.2) is 0 Å². The molecule has 0 fully saturated rings. The second-order valence-electron chi connectivity index (χ2n) is 4.72. The van der Waals surface area contributed by atoms with E-state index in [2.05, 4.69) is 57.8 Å². The van der Waals surface area contributed by atoms with Gasteiger partial charge in [-0.3, -0.25) is 0 Å². The zero-order valence-corrected chi connectivity index (χ0v) is 13.6. The summed E-state index contributed by atoms with van der Waals surface area (Å²) in [5.74, 6) is 0. The maximum atomic E-state index is 5.42. The van der Waals surface area contributed by atoms with Crippen LogP contribution in [0.3, 0.4) is 0 Å². The van der Waals surface area contributed by atoms with Crippen LogP contribution in [0, 0.1) is 0 Å². The van der Waals surface area contributed by atoms with Gasteiger partial charge in [-0.05, 0) is 57.4 Å². The molecule has 0 spiro atoms. The molecule has 1 unspecified atom stereocenters. The second-order valence-corrected chi connectivity index (χ2v) is 6.36. The van der Waals surface area contributed by atoms with Gasteiger partial charge in [0.25, 0.3) is 0 Å². The average molecular weight is 350 g/mol. The van der Waals surface area contributed by atoms with Crippen LogP contribution in [-0.2, 0) is 0 Å². The van der Waals surface area contributed by atoms with E-state index in [-0.39, 0.29) is 6.04 Å². The third kappa shape index (κ3) is 2.55. The topological polar surface area (TPSA) is 25.2 Å². The maximum Gasteiger partial charge on any atom is 0.174 e. The Morgan fingerprint density at radius 1 is 1.25 bits per heavy atom. The second kappa shape index (κ2) is 6.12. The van der Waals surface area contributed by atoms with Crippen LogP contribution in [0.15, 0.2) is 51.1 Å². The molecule has 0 aliphatic heterocycles. The van der Waals surface area contributed by atoms with E-state index < -0.39 is 0 Å². The summed E-state index contributed by atoms with van der Waals surface area (Å²) >= 11 is 5.30. The molecule has 1 atom stereocenters. The normalized spacial score (nSPS) is 12.9. The minimum absolute atomic E-state index is 0.158. The number of hydrogen-bond donors (Lipinski definition) is 1. The summed E-state index contributed by atoms with van der Waals surface area (Å²) in [6.45, 7) is 3.16. The first-order chi connectivity index (χ1) is 9.81. The molecule has 4 heteroatoms. The van der Waals surface area contributed by atoms with Gasteiger partial charge in [0, 0.05) is 10.3 Å². The van der Waals surface area contributed by atoms with Gasteiger partial charge in [-0.1, -0.05) is 25.1 Å². The van der Waals surface area contributed by atoms with E-state index in [0.29, 0.717) is 0 Å². The van der Waals surface area contributed by atoms with Crippen LogP contribution in [0.4, 0.5) is 0 Å². The first kappa shape index (κ1) is 13.9. The molecule has 2 aromatic heterocycles. The Kier molecular flexibility index (Phi) is 4.24. The molecule has 0 aliphatic carbocycles. The molecule has 0 bridgehead atoms. The monoisotopic (exact) mass is 349 g/mol. The lowest BCUT2D eigenvalue weighted by atomic mass is 10.00. The molecule has 104 valence electrons. The summed E-state index contributed by atoms with van der Waals surface area (Å²) in [5.41, 5.74) is 2.47. The molecule has 0 radical (unpaired) electrons. The van der Waals surface area contributed by atoms with Crippen LogP contribution in [0.2, 0.25) is 0 Å². The van der Waals surface area contributed by atoms with Crippen molar-refractivity contribution in [1.82, 2.24) is 5.32 Å². The fourth-order valence-corrected chi connectivity index (χ4v) is 3.84. The van der Waals surface area contributed by atoms with Gasteiger partial charge in [-0.15, -0.1) is 11.3 Å². The van der Waals surface area contributed by atoms with Gasteiger partial charge in [0.1, 0.15) is 0 Å². The van der Waals surface area contributed by atoms with Crippen molar-refractivity contribution in [2.45, 2.75) is 19.4 Å². The number of hydrogen-bond acceptors (Lipinski definition) is 3. The summed E-state index contributed by atoms with van der Waals surface area (Å²) in [6.07, 6.45) is 2.83. The number of thiophene rings is 1. The number of fused-ring (bicyclic) bond motifs is 1. The number of rotatable bonds is 5. The van der Waals surface area contributed by atoms with Gasteiger partial charge in [-0.2, -0.15) is 0 Å². The number of furan rings is 1. The van der Waals surface area contributed by atoms with Crippen LogP contribution in [-0.4, -0.2) is 6.54 Å². The SMILES string of the molecule is CCCNC(c1ccoc1Br)c1cccc2ccsc12. The van der Waals surface area contributed by atoms with Crippen molar-refractivity contribution < 1.29 is 4.42 Å². The molecule has 0 saturated heterocycles. The minimum Gasteiger partial charge on any atom is -0.457 e. The average Bonchev–Trinajstić information content (AvgIpc) is 3.09. The molecule has 1 aromatic carbocycles. The van der Waals surface area contributed by atoms with Gasteiger partial charge < -0.3 is 9.73 Å². The van der Waals surface area contributed by atoms with Crippen molar-refractivity contribution in [2.75, 3.05) is 6.54 Å². The molecule has 20 heavy (non-hydrogen) atoms. The highest BCUT2D eigenvalue weighted by atomic mass is 79.9. The van der Waals surface area contributed by atoms with E-state index in [1.807, 2.05) is 6.07 Å². The van der Waals surface area contributed by atoms with Gasteiger partial charge in [0.15, 0.2) is 4.67 Å². The van der Waals surface area contributed by atoms with Gasteiger partial charge in [0.2, 0.25) is 0 Å². The smallest absolute Gasteiger partial charge is 0.174 e. The molecule has 3 aromatic rings. The van der Waals surface area contributed by atoms with Crippen LogP contribution in [0.1, 0.15) is 30.5 Å². The lowest BCUT2D eigenvalue weighted by Crippen LogP contribution is -2.23. The number of halogens is 1. The lowest BCUT2D eigenvalue weighted by Gasteiger charge is -2.19. The Morgan fingerprint density at radius 3 is 2.90 bits per heavy atom. The Morgan fingerprint density at radius 2 is 2.15 bits per heavy atom. The summed E-state index contributed by atoms with van der Waals surface area (Å²) in [4.78, 5) is 0. The van der Waals surface area contributed by atoms with Crippen molar-refractivity contribution in [3.05, 3.63) is 57.8 Å². The first-order valence-corrected chi connectivity index (χ1v) is 8.41. The van der Waals surface area contributed by atoms with Crippen LogP contribution < -0.4 is 5.32 Å². The maximum absolute atomic E-state index is 5.42. The molecular formula is C16H16BrNOS. The number of nitrogens with one attached hydrogen (secondary N) is 1. The summed E-state index contributed by atoms with van der Waals surface area (Å²) < 4.78 is 7.57. The summed E-state index contributed by atoms with van der Waals surface area (Å²) in [6, 6.07) is 10.8. The fraction of sp³-hybridized carbons (Fsp3) is 0.250. The lowest BCUT2D eigenvalue weighted by molar-refractivity contribution is 0.524. The van der Waals surface area contributed by atoms with Crippen LogP contribution in [0.25, 0.3) is 10.1 Å². The Bertz CT molecular complexity index is 703. The summed E-state index contributed by atoms with van der Waals surface area (Å²) in [7, 11) is 0. The molecule has 0 saturated carbocycles. The Hall–Kier alpha value is -1.10. The van der Waals surface area contributed by atoms with Crippen molar-refractivity contribution in [3.63, 3.8) is 0 Å². The van der Waals surface area contributed by atoms with E-state index in [1.165, 1.54) is 15.6 Å². The molecule has 3 rings (SSSR count).